The molecule has 3 nitrogen and oxygen atoms in total. The second kappa shape index (κ2) is 5.89. The van der Waals surface area contributed by atoms with Crippen LogP contribution in [0.15, 0.2) is 29.8 Å². The van der Waals surface area contributed by atoms with Crippen molar-refractivity contribution < 1.29 is 0 Å². The summed E-state index contributed by atoms with van der Waals surface area (Å²) in [6, 6.07) is 6.69. The molecule has 0 spiro atoms. The van der Waals surface area contributed by atoms with Gasteiger partial charge in [-0.1, -0.05) is 6.07 Å². The topological polar surface area (TPSA) is 37.8 Å². The quantitative estimate of drug-likeness (QED) is 0.882. The lowest BCUT2D eigenvalue weighted by Gasteiger charge is -2.12. The average Bonchev–Trinajstić information content (AvgIpc) is 2.79. The van der Waals surface area contributed by atoms with Crippen LogP contribution < -0.4 is 5.32 Å². The van der Waals surface area contributed by atoms with E-state index in [9.17, 15) is 0 Å². The maximum Gasteiger partial charge on any atom is 0.125 e. The number of aromatic nitrogens is 2. The van der Waals surface area contributed by atoms with E-state index in [1.54, 1.807) is 0 Å². The molecule has 1 N–H and O–H groups in total. The normalized spacial score (nSPS) is 12.6. The number of hydrogen-bond acceptors (Lipinski definition) is 4. The van der Waals surface area contributed by atoms with E-state index < -0.39 is 0 Å². The van der Waals surface area contributed by atoms with Gasteiger partial charge in [0.2, 0.25) is 0 Å². The lowest BCUT2D eigenvalue weighted by Crippen LogP contribution is -2.27. The standard InChI is InChI=1S/C13H17N3S/c1-10(8-13-4-3-7-17-13)15-9-12-5-6-14-11(2)16-12/h3-7,10,15H,8-9H2,1-2H3. The van der Waals surface area contributed by atoms with Crippen molar-refractivity contribution in [1.82, 2.24) is 15.3 Å². The minimum atomic E-state index is 0.462. The SMILES string of the molecule is Cc1nccc(CNC(C)Cc2cccs2)n1. The van der Waals surface area contributed by atoms with Gasteiger partial charge in [-0.2, -0.15) is 0 Å². The number of aryl methyl sites for hydroxylation is 1. The Bertz CT molecular complexity index is 453. The van der Waals surface area contributed by atoms with E-state index in [1.807, 2.05) is 30.5 Å². The van der Waals surface area contributed by atoms with Crippen molar-refractivity contribution >= 4 is 11.3 Å². The summed E-state index contributed by atoms with van der Waals surface area (Å²) in [6.45, 7) is 4.92. The molecular formula is C13H17N3S. The fourth-order valence-electron chi connectivity index (χ4n) is 1.69. The first-order chi connectivity index (χ1) is 8.24. The van der Waals surface area contributed by atoms with Crippen molar-refractivity contribution in [3.05, 3.63) is 46.2 Å². The molecule has 2 aromatic heterocycles. The van der Waals surface area contributed by atoms with Crippen LogP contribution in [-0.2, 0) is 13.0 Å². The minimum Gasteiger partial charge on any atom is -0.308 e. The van der Waals surface area contributed by atoms with Gasteiger partial charge in [-0.05, 0) is 37.8 Å². The highest BCUT2D eigenvalue weighted by Crippen LogP contribution is 2.11. The molecule has 0 aliphatic carbocycles. The Morgan fingerprint density at radius 3 is 3.00 bits per heavy atom. The molecule has 17 heavy (non-hydrogen) atoms. The van der Waals surface area contributed by atoms with E-state index in [2.05, 4.69) is 39.7 Å². The van der Waals surface area contributed by atoms with Crippen LogP contribution in [0.1, 0.15) is 23.3 Å². The zero-order chi connectivity index (χ0) is 12.1. The van der Waals surface area contributed by atoms with Crippen LogP contribution in [-0.4, -0.2) is 16.0 Å². The van der Waals surface area contributed by atoms with Crippen molar-refractivity contribution in [3.8, 4) is 0 Å². The molecule has 0 aliphatic heterocycles. The van der Waals surface area contributed by atoms with E-state index in [0.29, 0.717) is 6.04 Å². The summed E-state index contributed by atoms with van der Waals surface area (Å²) < 4.78 is 0. The number of nitrogens with one attached hydrogen (secondary N) is 1. The summed E-state index contributed by atoms with van der Waals surface area (Å²) in [5.41, 5.74) is 1.05. The summed E-state index contributed by atoms with van der Waals surface area (Å²) >= 11 is 1.81. The predicted molar refractivity (Wildman–Crippen MR) is 71.1 cm³/mol. The van der Waals surface area contributed by atoms with Gasteiger partial charge in [-0.15, -0.1) is 11.3 Å². The second-order valence-electron chi connectivity index (χ2n) is 4.16. The van der Waals surface area contributed by atoms with Gasteiger partial charge in [0.15, 0.2) is 0 Å². The van der Waals surface area contributed by atoms with E-state index in [1.165, 1.54) is 4.88 Å². The van der Waals surface area contributed by atoms with Crippen LogP contribution in [0.25, 0.3) is 0 Å². The van der Waals surface area contributed by atoms with Gasteiger partial charge in [0, 0.05) is 23.7 Å². The molecule has 0 aromatic carbocycles. The predicted octanol–water partition coefficient (Wildman–Crippen LogP) is 2.57. The molecule has 2 aromatic rings. The minimum absolute atomic E-state index is 0.462. The van der Waals surface area contributed by atoms with Crippen LogP contribution >= 0.6 is 11.3 Å². The zero-order valence-corrected chi connectivity index (χ0v) is 11.0. The number of nitrogens with zero attached hydrogens (tertiary/aromatic N) is 2. The third-order valence-corrected chi connectivity index (χ3v) is 3.45. The van der Waals surface area contributed by atoms with Crippen LogP contribution in [0.2, 0.25) is 0 Å². The first-order valence-electron chi connectivity index (χ1n) is 5.78. The van der Waals surface area contributed by atoms with Crippen molar-refractivity contribution in [2.45, 2.75) is 32.9 Å². The Labute approximate surface area is 106 Å². The van der Waals surface area contributed by atoms with Crippen LogP contribution in [0.3, 0.4) is 0 Å². The van der Waals surface area contributed by atoms with Crippen LogP contribution in [0.4, 0.5) is 0 Å². The van der Waals surface area contributed by atoms with Crippen molar-refractivity contribution in [3.63, 3.8) is 0 Å². The monoisotopic (exact) mass is 247 g/mol. The highest BCUT2D eigenvalue weighted by molar-refractivity contribution is 7.09. The van der Waals surface area contributed by atoms with E-state index >= 15 is 0 Å². The highest BCUT2D eigenvalue weighted by Gasteiger charge is 2.04. The van der Waals surface area contributed by atoms with Crippen LogP contribution in [0, 0.1) is 6.92 Å². The molecule has 1 unspecified atom stereocenters. The summed E-state index contributed by atoms with van der Waals surface area (Å²) in [7, 11) is 0. The average molecular weight is 247 g/mol. The molecular weight excluding hydrogens is 230 g/mol. The molecule has 4 heteroatoms. The summed E-state index contributed by atoms with van der Waals surface area (Å²) in [4.78, 5) is 9.88. The molecule has 90 valence electrons. The second-order valence-corrected chi connectivity index (χ2v) is 5.19. The molecule has 0 saturated carbocycles. The molecule has 0 aliphatic rings. The van der Waals surface area contributed by atoms with E-state index in [4.69, 9.17) is 0 Å². The summed E-state index contributed by atoms with van der Waals surface area (Å²) in [6.07, 6.45) is 2.88. The fourth-order valence-corrected chi connectivity index (χ4v) is 2.52. The van der Waals surface area contributed by atoms with Gasteiger partial charge in [-0.3, -0.25) is 0 Å². The molecule has 0 radical (unpaired) electrons. The molecule has 0 bridgehead atoms. The van der Waals surface area contributed by atoms with Gasteiger partial charge in [0.1, 0.15) is 5.82 Å². The number of rotatable bonds is 5. The Hall–Kier alpha value is -1.26. The summed E-state index contributed by atoms with van der Waals surface area (Å²) in [5, 5.41) is 5.60. The lowest BCUT2D eigenvalue weighted by atomic mass is 10.2. The third kappa shape index (κ3) is 3.91. The van der Waals surface area contributed by atoms with Crippen molar-refractivity contribution in [2.24, 2.45) is 0 Å². The largest absolute Gasteiger partial charge is 0.308 e. The first kappa shape index (κ1) is 12.2. The molecule has 0 saturated heterocycles. The molecule has 0 fully saturated rings. The van der Waals surface area contributed by atoms with Gasteiger partial charge in [0.25, 0.3) is 0 Å². The van der Waals surface area contributed by atoms with Crippen molar-refractivity contribution in [2.75, 3.05) is 0 Å². The third-order valence-electron chi connectivity index (χ3n) is 2.55. The Kier molecular flexibility index (Phi) is 4.23. The van der Waals surface area contributed by atoms with E-state index in [0.717, 1.165) is 24.5 Å². The Balaban J connectivity index is 1.82. The van der Waals surface area contributed by atoms with Gasteiger partial charge in [0.05, 0.1) is 5.69 Å². The molecule has 2 heterocycles. The maximum absolute atomic E-state index is 4.37. The molecule has 1 atom stereocenters. The van der Waals surface area contributed by atoms with Gasteiger partial charge < -0.3 is 5.32 Å². The Morgan fingerprint density at radius 1 is 1.41 bits per heavy atom. The van der Waals surface area contributed by atoms with Crippen LogP contribution in [0.5, 0.6) is 0 Å². The van der Waals surface area contributed by atoms with Gasteiger partial charge in [-0.25, -0.2) is 9.97 Å². The number of thiophene rings is 1. The van der Waals surface area contributed by atoms with Gasteiger partial charge >= 0.3 is 0 Å². The smallest absolute Gasteiger partial charge is 0.125 e. The molecule has 0 amide bonds. The Morgan fingerprint density at radius 2 is 2.29 bits per heavy atom. The first-order valence-corrected chi connectivity index (χ1v) is 6.66. The maximum atomic E-state index is 4.37. The zero-order valence-electron chi connectivity index (χ0n) is 10.2. The van der Waals surface area contributed by atoms with E-state index in [-0.39, 0.29) is 0 Å². The summed E-state index contributed by atoms with van der Waals surface area (Å²) in [5.74, 6) is 0.829. The lowest BCUT2D eigenvalue weighted by molar-refractivity contribution is 0.542. The number of hydrogen-bond donors (Lipinski definition) is 1. The highest BCUT2D eigenvalue weighted by atomic mass is 32.1. The van der Waals surface area contributed by atoms with Crippen molar-refractivity contribution in [1.29, 1.82) is 0 Å². The molecule has 2 rings (SSSR count). The fraction of sp³-hybridized carbons (Fsp3) is 0.385.